The van der Waals surface area contributed by atoms with Crippen LogP contribution in [0.3, 0.4) is 0 Å². The van der Waals surface area contributed by atoms with Crippen LogP contribution in [0, 0.1) is 0 Å². The minimum atomic E-state index is -5.06. The Morgan fingerprint density at radius 1 is 0.794 bits per heavy atom. The van der Waals surface area contributed by atoms with E-state index < -0.39 is 53.3 Å². The van der Waals surface area contributed by atoms with Crippen LogP contribution in [0.1, 0.15) is 35.1 Å². The zero-order valence-corrected chi connectivity index (χ0v) is 18.9. The van der Waals surface area contributed by atoms with Crippen molar-refractivity contribution in [2.75, 3.05) is 32.9 Å². The molecule has 190 valence electrons. The molecule has 1 aliphatic heterocycles. The molecule has 1 heterocycles. The van der Waals surface area contributed by atoms with Gasteiger partial charge in [0.05, 0.1) is 30.9 Å². The highest BCUT2D eigenvalue weighted by molar-refractivity contribution is 5.85. The first-order valence-electron chi connectivity index (χ1n) is 10.4. The van der Waals surface area contributed by atoms with Gasteiger partial charge < -0.3 is 20.3 Å². The van der Waals surface area contributed by atoms with Gasteiger partial charge in [0.25, 0.3) is 0 Å². The van der Waals surface area contributed by atoms with E-state index in [1.54, 1.807) is 0 Å². The van der Waals surface area contributed by atoms with Crippen LogP contribution in [-0.4, -0.2) is 43.1 Å². The van der Waals surface area contributed by atoms with E-state index in [-0.39, 0.29) is 25.1 Å². The number of aliphatic hydroxyl groups is 2. The quantitative estimate of drug-likeness (QED) is 0.471. The molecule has 0 saturated carbocycles. The summed E-state index contributed by atoms with van der Waals surface area (Å²) in [6, 6.07) is 10.2. The molecule has 2 aromatic rings. The minimum Gasteiger partial charge on any atom is -0.393 e. The van der Waals surface area contributed by atoms with Gasteiger partial charge in [-0.15, -0.1) is 12.4 Å². The van der Waals surface area contributed by atoms with Crippen LogP contribution in [0.25, 0.3) is 0 Å². The fourth-order valence-corrected chi connectivity index (χ4v) is 4.11. The molecule has 3 N–H and O–H groups in total. The molecule has 0 bridgehead atoms. The number of ether oxygens (including phenoxy) is 1. The van der Waals surface area contributed by atoms with Gasteiger partial charge in [0.1, 0.15) is 5.60 Å². The van der Waals surface area contributed by atoms with Gasteiger partial charge >= 0.3 is 12.4 Å². The summed E-state index contributed by atoms with van der Waals surface area (Å²) in [5.74, 6) is 0. The molecule has 0 aromatic heterocycles. The molecule has 34 heavy (non-hydrogen) atoms. The van der Waals surface area contributed by atoms with Gasteiger partial charge in [-0.05, 0) is 55.3 Å². The number of benzene rings is 2. The third kappa shape index (κ3) is 6.04. The summed E-state index contributed by atoms with van der Waals surface area (Å²) in [6.45, 7) is -0.871. The van der Waals surface area contributed by atoms with Crippen LogP contribution < -0.4 is 5.32 Å². The molecule has 0 aliphatic carbocycles. The Morgan fingerprint density at radius 2 is 1.26 bits per heavy atom. The fourth-order valence-electron chi connectivity index (χ4n) is 4.11. The summed E-state index contributed by atoms with van der Waals surface area (Å²) in [4.78, 5) is 0. The molecule has 2 aromatic carbocycles. The summed E-state index contributed by atoms with van der Waals surface area (Å²) < 4.78 is 86.0. The highest BCUT2D eigenvalue weighted by Gasteiger charge is 2.43. The average molecular weight is 514 g/mol. The van der Waals surface area contributed by atoms with Crippen molar-refractivity contribution in [1.82, 2.24) is 5.32 Å². The Bertz CT molecular complexity index is 894. The van der Waals surface area contributed by atoms with Gasteiger partial charge in [0, 0.05) is 5.41 Å². The van der Waals surface area contributed by atoms with E-state index in [9.17, 15) is 36.6 Å². The number of hydrogen-bond donors (Lipinski definition) is 3. The van der Waals surface area contributed by atoms with E-state index in [1.165, 1.54) is 0 Å². The Balaban J connectivity index is 0.00000408. The number of aliphatic hydroxyl groups excluding tert-OH is 2. The van der Waals surface area contributed by atoms with Crippen LogP contribution >= 0.6 is 12.4 Å². The number of halogens is 7. The standard InChI is InChI=1S/C23H25F6NO3.ClH/c24-22(25,26)18-10-17(11-19(12-18)23(27,28)29)21(13-31,14-32)33-15-20(6-8-30-9-7-20)16-4-2-1-3-5-16;/h1-5,10-12,30-32H,6-9,13-15H2;1H. The topological polar surface area (TPSA) is 61.7 Å². The highest BCUT2D eigenvalue weighted by Crippen LogP contribution is 2.41. The molecule has 11 heteroatoms. The Labute approximate surface area is 199 Å². The zero-order chi connectivity index (χ0) is 24.3. The lowest BCUT2D eigenvalue weighted by Crippen LogP contribution is -2.47. The predicted molar refractivity (Wildman–Crippen MR) is 116 cm³/mol. The van der Waals surface area contributed by atoms with Gasteiger partial charge in [0.15, 0.2) is 0 Å². The number of nitrogens with one attached hydrogen (secondary N) is 1. The number of alkyl halides is 6. The molecule has 0 radical (unpaired) electrons. The van der Waals surface area contributed by atoms with Crippen molar-refractivity contribution >= 4 is 12.4 Å². The molecule has 0 unspecified atom stereocenters. The number of rotatable bonds is 7. The number of piperidine rings is 1. The molecule has 4 nitrogen and oxygen atoms in total. The molecular formula is C23H26ClF6NO3. The van der Waals surface area contributed by atoms with Crippen molar-refractivity contribution in [2.24, 2.45) is 0 Å². The monoisotopic (exact) mass is 513 g/mol. The molecule has 0 spiro atoms. The molecule has 1 fully saturated rings. The van der Waals surface area contributed by atoms with Crippen molar-refractivity contribution in [3.05, 3.63) is 70.8 Å². The summed E-state index contributed by atoms with van der Waals surface area (Å²) >= 11 is 0. The maximum Gasteiger partial charge on any atom is 0.416 e. The fraction of sp³-hybridized carbons (Fsp3) is 0.478. The molecule has 0 amide bonds. The maximum absolute atomic E-state index is 13.4. The van der Waals surface area contributed by atoms with E-state index in [2.05, 4.69) is 5.32 Å². The second-order valence-electron chi connectivity index (χ2n) is 8.29. The first-order valence-corrected chi connectivity index (χ1v) is 10.4. The molecule has 1 aliphatic rings. The maximum atomic E-state index is 13.4. The third-order valence-electron chi connectivity index (χ3n) is 6.20. The van der Waals surface area contributed by atoms with Gasteiger partial charge in [-0.1, -0.05) is 30.3 Å². The normalized spacial score (nSPS) is 16.7. The Kier molecular flexibility index (Phi) is 9.04. The summed E-state index contributed by atoms with van der Waals surface area (Å²) in [5.41, 5.74) is -5.52. The van der Waals surface area contributed by atoms with E-state index >= 15 is 0 Å². The lowest BCUT2D eigenvalue weighted by Gasteiger charge is -2.41. The van der Waals surface area contributed by atoms with E-state index in [4.69, 9.17) is 4.74 Å². The van der Waals surface area contributed by atoms with Crippen LogP contribution in [-0.2, 0) is 28.1 Å². The highest BCUT2D eigenvalue weighted by atomic mass is 35.5. The first kappa shape index (κ1) is 28.4. The van der Waals surface area contributed by atoms with Crippen molar-refractivity contribution < 1.29 is 41.3 Å². The minimum absolute atomic E-state index is 0. The Hall–Kier alpha value is -1.85. The molecule has 3 rings (SSSR count). The predicted octanol–water partition coefficient (Wildman–Crippen LogP) is 4.66. The smallest absolute Gasteiger partial charge is 0.393 e. The molecule has 1 saturated heterocycles. The largest absolute Gasteiger partial charge is 0.416 e. The van der Waals surface area contributed by atoms with E-state index in [0.29, 0.717) is 38.1 Å². The summed E-state index contributed by atoms with van der Waals surface area (Å²) in [7, 11) is 0. The van der Waals surface area contributed by atoms with Crippen LogP contribution in [0.2, 0.25) is 0 Å². The van der Waals surface area contributed by atoms with Crippen LogP contribution in [0.15, 0.2) is 48.5 Å². The van der Waals surface area contributed by atoms with Gasteiger partial charge in [-0.2, -0.15) is 26.3 Å². The summed E-state index contributed by atoms with van der Waals surface area (Å²) in [5, 5.41) is 23.3. The van der Waals surface area contributed by atoms with Crippen molar-refractivity contribution in [2.45, 2.75) is 36.2 Å². The average Bonchev–Trinajstić information content (AvgIpc) is 2.80. The Morgan fingerprint density at radius 3 is 1.71 bits per heavy atom. The zero-order valence-electron chi connectivity index (χ0n) is 18.0. The van der Waals surface area contributed by atoms with Crippen molar-refractivity contribution in [3.8, 4) is 0 Å². The van der Waals surface area contributed by atoms with E-state index in [0.717, 1.165) is 5.56 Å². The summed E-state index contributed by atoms with van der Waals surface area (Å²) in [6.07, 6.45) is -8.93. The van der Waals surface area contributed by atoms with Gasteiger partial charge in [-0.3, -0.25) is 0 Å². The van der Waals surface area contributed by atoms with Crippen molar-refractivity contribution in [3.63, 3.8) is 0 Å². The second-order valence-corrected chi connectivity index (χ2v) is 8.29. The van der Waals surface area contributed by atoms with Crippen LogP contribution in [0.5, 0.6) is 0 Å². The SMILES string of the molecule is Cl.OCC(CO)(OCC1(c2ccccc2)CCNCC1)c1cc(C(F)(F)F)cc(C(F)(F)F)c1. The van der Waals surface area contributed by atoms with Crippen LogP contribution in [0.4, 0.5) is 26.3 Å². The van der Waals surface area contributed by atoms with Gasteiger partial charge in [-0.25, -0.2) is 0 Å². The van der Waals surface area contributed by atoms with Crippen molar-refractivity contribution in [1.29, 1.82) is 0 Å². The molecule has 0 atom stereocenters. The third-order valence-corrected chi connectivity index (χ3v) is 6.20. The number of hydrogen-bond acceptors (Lipinski definition) is 4. The molecular weight excluding hydrogens is 488 g/mol. The lowest BCUT2D eigenvalue weighted by atomic mass is 9.73. The second kappa shape index (κ2) is 10.8. The lowest BCUT2D eigenvalue weighted by molar-refractivity contribution is -0.146. The van der Waals surface area contributed by atoms with E-state index in [1.807, 2.05) is 30.3 Å². The van der Waals surface area contributed by atoms with Gasteiger partial charge in [0.2, 0.25) is 0 Å². The first-order chi connectivity index (χ1) is 15.5.